The standard InChI is InChI=1S/C24H26BrN3O2S/c1-5-14-28-22(15-30-20-12-10-19(25)11-13-20)26-27-23(28)31-16-21(29)17-6-8-18(9-7-17)24(2,3)4/h5-13H,1,14-16H2,2-4H3. The summed E-state index contributed by atoms with van der Waals surface area (Å²) in [6.07, 6.45) is 1.78. The van der Waals surface area contributed by atoms with Gasteiger partial charge in [0.25, 0.3) is 0 Å². The third-order valence-electron chi connectivity index (χ3n) is 4.69. The van der Waals surface area contributed by atoms with E-state index in [1.54, 1.807) is 6.08 Å². The summed E-state index contributed by atoms with van der Waals surface area (Å²) in [5.41, 5.74) is 1.97. The highest BCUT2D eigenvalue weighted by molar-refractivity contribution is 9.10. The van der Waals surface area contributed by atoms with Crippen molar-refractivity contribution in [3.05, 3.63) is 82.6 Å². The molecule has 0 atom stereocenters. The summed E-state index contributed by atoms with van der Waals surface area (Å²) in [5, 5.41) is 9.19. The average molecular weight is 500 g/mol. The van der Waals surface area contributed by atoms with Crippen LogP contribution in [0.4, 0.5) is 0 Å². The topological polar surface area (TPSA) is 57.0 Å². The molecule has 3 rings (SSSR count). The molecule has 5 nitrogen and oxygen atoms in total. The summed E-state index contributed by atoms with van der Waals surface area (Å²) in [6.45, 7) is 11.1. The number of ether oxygens (including phenoxy) is 1. The minimum absolute atomic E-state index is 0.0614. The van der Waals surface area contributed by atoms with E-state index in [1.807, 2.05) is 53.1 Å². The van der Waals surface area contributed by atoms with Gasteiger partial charge >= 0.3 is 0 Å². The van der Waals surface area contributed by atoms with E-state index >= 15 is 0 Å². The van der Waals surface area contributed by atoms with Crippen molar-refractivity contribution in [2.45, 2.75) is 44.5 Å². The van der Waals surface area contributed by atoms with Crippen molar-refractivity contribution in [2.24, 2.45) is 0 Å². The highest BCUT2D eigenvalue weighted by Crippen LogP contribution is 2.24. The van der Waals surface area contributed by atoms with Gasteiger partial charge in [0, 0.05) is 16.6 Å². The Balaban J connectivity index is 1.65. The van der Waals surface area contributed by atoms with E-state index in [2.05, 4.69) is 53.5 Å². The van der Waals surface area contributed by atoms with Gasteiger partial charge in [-0.15, -0.1) is 16.8 Å². The molecule has 0 bridgehead atoms. The Morgan fingerprint density at radius 2 is 1.81 bits per heavy atom. The van der Waals surface area contributed by atoms with E-state index in [0.29, 0.717) is 23.1 Å². The van der Waals surface area contributed by atoms with Crippen LogP contribution in [-0.2, 0) is 18.6 Å². The molecule has 31 heavy (non-hydrogen) atoms. The fourth-order valence-electron chi connectivity index (χ4n) is 2.89. The van der Waals surface area contributed by atoms with Crippen LogP contribution < -0.4 is 4.74 Å². The van der Waals surface area contributed by atoms with Gasteiger partial charge in [0.05, 0.1) is 5.75 Å². The molecular weight excluding hydrogens is 474 g/mol. The highest BCUT2D eigenvalue weighted by atomic mass is 79.9. The van der Waals surface area contributed by atoms with Gasteiger partial charge in [-0.1, -0.05) is 78.8 Å². The normalized spacial score (nSPS) is 11.4. The molecule has 0 N–H and O–H groups in total. The average Bonchev–Trinajstić information content (AvgIpc) is 3.13. The number of thioether (sulfide) groups is 1. The van der Waals surface area contributed by atoms with Gasteiger partial charge in [-0.2, -0.15) is 0 Å². The largest absolute Gasteiger partial charge is 0.486 e. The van der Waals surface area contributed by atoms with E-state index in [9.17, 15) is 4.79 Å². The van der Waals surface area contributed by atoms with Crippen molar-refractivity contribution >= 4 is 33.5 Å². The molecule has 0 spiro atoms. The molecular formula is C24H26BrN3O2S. The zero-order valence-electron chi connectivity index (χ0n) is 18.0. The lowest BCUT2D eigenvalue weighted by atomic mass is 9.86. The molecule has 2 aromatic carbocycles. The first-order chi connectivity index (χ1) is 14.8. The number of Topliss-reactive ketones (excluding diaryl/α,β-unsaturated/α-hetero) is 1. The first-order valence-corrected chi connectivity index (χ1v) is 11.7. The number of nitrogens with zero attached hydrogens (tertiary/aromatic N) is 3. The van der Waals surface area contributed by atoms with Crippen LogP contribution in [0.1, 0.15) is 42.5 Å². The van der Waals surface area contributed by atoms with Crippen LogP contribution in [0.5, 0.6) is 5.75 Å². The lowest BCUT2D eigenvalue weighted by Gasteiger charge is -2.18. The Labute approximate surface area is 196 Å². The molecule has 7 heteroatoms. The first kappa shape index (κ1) is 23.3. The summed E-state index contributed by atoms with van der Waals surface area (Å²) in [5.74, 6) is 1.79. The monoisotopic (exact) mass is 499 g/mol. The minimum atomic E-state index is 0.0614. The molecule has 0 unspecified atom stereocenters. The van der Waals surface area contributed by atoms with Gasteiger partial charge in [-0.05, 0) is 35.2 Å². The second-order valence-electron chi connectivity index (χ2n) is 8.08. The highest BCUT2D eigenvalue weighted by Gasteiger charge is 2.17. The Bertz CT molecular complexity index is 1040. The minimum Gasteiger partial charge on any atom is -0.486 e. The van der Waals surface area contributed by atoms with Crippen molar-refractivity contribution in [1.82, 2.24) is 14.8 Å². The van der Waals surface area contributed by atoms with E-state index in [4.69, 9.17) is 4.74 Å². The van der Waals surface area contributed by atoms with Crippen molar-refractivity contribution in [2.75, 3.05) is 5.75 Å². The third-order valence-corrected chi connectivity index (χ3v) is 6.19. The number of allylic oxidation sites excluding steroid dienone is 1. The Kier molecular flexibility index (Phi) is 7.73. The maximum atomic E-state index is 12.7. The van der Waals surface area contributed by atoms with Crippen LogP contribution in [0.2, 0.25) is 0 Å². The molecule has 0 amide bonds. The lowest BCUT2D eigenvalue weighted by molar-refractivity contribution is 0.102. The first-order valence-electron chi connectivity index (χ1n) is 9.96. The van der Waals surface area contributed by atoms with Crippen molar-refractivity contribution in [3.63, 3.8) is 0 Å². The van der Waals surface area contributed by atoms with Crippen molar-refractivity contribution in [1.29, 1.82) is 0 Å². The Hall–Kier alpha value is -2.38. The zero-order chi connectivity index (χ0) is 22.4. The second-order valence-corrected chi connectivity index (χ2v) is 9.94. The molecule has 0 saturated heterocycles. The van der Waals surface area contributed by atoms with Crippen LogP contribution in [-0.4, -0.2) is 26.3 Å². The number of aromatic nitrogens is 3. The van der Waals surface area contributed by atoms with Gasteiger partial charge in [-0.3, -0.25) is 9.36 Å². The summed E-state index contributed by atoms with van der Waals surface area (Å²) < 4.78 is 8.74. The summed E-state index contributed by atoms with van der Waals surface area (Å²) in [6, 6.07) is 15.5. The predicted octanol–water partition coefficient (Wildman–Crippen LogP) is 6.08. The second kappa shape index (κ2) is 10.3. The van der Waals surface area contributed by atoms with Gasteiger partial charge < -0.3 is 4.74 Å². The lowest BCUT2D eigenvalue weighted by Crippen LogP contribution is -2.12. The van der Waals surface area contributed by atoms with E-state index in [0.717, 1.165) is 10.2 Å². The number of carbonyl (C=O) groups is 1. The summed E-state index contributed by atoms with van der Waals surface area (Å²) in [7, 11) is 0. The Morgan fingerprint density at radius 3 is 2.42 bits per heavy atom. The smallest absolute Gasteiger partial charge is 0.192 e. The maximum Gasteiger partial charge on any atom is 0.192 e. The number of halogens is 1. The van der Waals surface area contributed by atoms with Gasteiger partial charge in [-0.25, -0.2) is 0 Å². The molecule has 0 fully saturated rings. The fourth-order valence-corrected chi connectivity index (χ4v) is 4.02. The SMILES string of the molecule is C=CCn1c(COc2ccc(Br)cc2)nnc1SCC(=O)c1ccc(C(C)(C)C)cc1. The van der Waals surface area contributed by atoms with Gasteiger partial charge in [0.15, 0.2) is 16.8 Å². The number of benzene rings is 2. The number of ketones is 1. The fraction of sp³-hybridized carbons (Fsp3) is 0.292. The summed E-state index contributed by atoms with van der Waals surface area (Å²) in [4.78, 5) is 12.7. The third kappa shape index (κ3) is 6.31. The van der Waals surface area contributed by atoms with Crippen molar-refractivity contribution in [3.8, 4) is 5.75 Å². The van der Waals surface area contributed by atoms with Gasteiger partial charge in [0.2, 0.25) is 0 Å². The van der Waals surface area contributed by atoms with Crippen LogP contribution in [0.3, 0.4) is 0 Å². The van der Waals surface area contributed by atoms with Crippen molar-refractivity contribution < 1.29 is 9.53 Å². The van der Waals surface area contributed by atoms with Crippen LogP contribution in [0, 0.1) is 0 Å². The molecule has 0 aliphatic carbocycles. The number of carbonyl (C=O) groups excluding carboxylic acids is 1. The van der Waals surface area contributed by atoms with E-state index in [-0.39, 0.29) is 23.6 Å². The van der Waals surface area contributed by atoms with E-state index in [1.165, 1.54) is 17.3 Å². The molecule has 162 valence electrons. The number of hydrogen-bond acceptors (Lipinski definition) is 5. The molecule has 0 aliphatic rings. The van der Waals surface area contributed by atoms with E-state index < -0.39 is 0 Å². The molecule has 0 saturated carbocycles. The van der Waals surface area contributed by atoms with Crippen LogP contribution in [0.25, 0.3) is 0 Å². The quantitative estimate of drug-likeness (QED) is 0.203. The number of rotatable bonds is 9. The molecule has 3 aromatic rings. The van der Waals surface area contributed by atoms with Crippen LogP contribution in [0.15, 0.2) is 70.8 Å². The number of hydrogen-bond donors (Lipinski definition) is 0. The predicted molar refractivity (Wildman–Crippen MR) is 129 cm³/mol. The maximum absolute atomic E-state index is 12.7. The van der Waals surface area contributed by atoms with Gasteiger partial charge in [0.1, 0.15) is 12.4 Å². The molecule has 0 aliphatic heterocycles. The van der Waals surface area contributed by atoms with Crippen LogP contribution >= 0.6 is 27.7 Å². The molecule has 1 heterocycles. The zero-order valence-corrected chi connectivity index (χ0v) is 20.4. The molecule has 1 aromatic heterocycles. The molecule has 0 radical (unpaired) electrons. The summed E-state index contributed by atoms with van der Waals surface area (Å²) >= 11 is 4.79. The Morgan fingerprint density at radius 1 is 1.13 bits per heavy atom.